The smallest absolute Gasteiger partial charge is 0.197 e. The number of fused-ring (bicyclic) bond motifs is 2. The Labute approximate surface area is 165 Å². The van der Waals surface area contributed by atoms with Crippen LogP contribution in [0.5, 0.6) is 0 Å². The summed E-state index contributed by atoms with van der Waals surface area (Å²) in [5.74, 6) is -1.23. The van der Waals surface area contributed by atoms with Crippen LogP contribution in [0.25, 0.3) is 0 Å². The lowest BCUT2D eigenvalue weighted by Crippen LogP contribution is -2.23. The number of halogens is 7. The zero-order valence-electron chi connectivity index (χ0n) is 10.5. The van der Waals surface area contributed by atoms with Gasteiger partial charge in [0.15, 0.2) is 11.6 Å². The average molecular weight is 449 g/mol. The highest BCUT2D eigenvalue weighted by atomic mass is 35.5. The van der Waals surface area contributed by atoms with Crippen LogP contribution < -0.4 is 0 Å². The Morgan fingerprint density at radius 3 is 1.48 bits per heavy atom. The van der Waals surface area contributed by atoms with Gasteiger partial charge >= 0.3 is 0 Å². The molecular formula is C14HCl7O2. The normalized spacial score (nSPS) is 13.2. The van der Waals surface area contributed by atoms with Crippen molar-refractivity contribution in [1.29, 1.82) is 0 Å². The lowest BCUT2D eigenvalue weighted by atomic mass is 9.84. The molecule has 0 aromatic heterocycles. The molecule has 2 nitrogen and oxygen atoms in total. The van der Waals surface area contributed by atoms with Gasteiger partial charge in [0.2, 0.25) is 0 Å². The number of benzene rings is 2. The van der Waals surface area contributed by atoms with E-state index in [4.69, 9.17) is 81.2 Å². The number of rotatable bonds is 0. The highest BCUT2D eigenvalue weighted by Gasteiger charge is 2.38. The molecule has 0 saturated heterocycles. The third kappa shape index (κ3) is 2.39. The van der Waals surface area contributed by atoms with Gasteiger partial charge in [0.25, 0.3) is 0 Å². The quantitative estimate of drug-likeness (QED) is 0.273. The minimum absolute atomic E-state index is 0.0294. The molecule has 0 unspecified atom stereocenters. The first-order valence-electron chi connectivity index (χ1n) is 5.81. The van der Waals surface area contributed by atoms with E-state index in [0.29, 0.717) is 0 Å². The molecule has 0 bridgehead atoms. The number of hydrogen-bond acceptors (Lipinski definition) is 2. The van der Waals surface area contributed by atoms with Crippen LogP contribution in [0, 0.1) is 0 Å². The Balaban J connectivity index is 2.48. The monoisotopic (exact) mass is 446 g/mol. The molecule has 2 aromatic rings. The Hall–Kier alpha value is -0.190. The van der Waals surface area contributed by atoms with Gasteiger partial charge in [0, 0.05) is 5.56 Å². The van der Waals surface area contributed by atoms with Crippen molar-refractivity contribution in [2.24, 2.45) is 0 Å². The van der Waals surface area contributed by atoms with Gasteiger partial charge in [-0.05, 0) is 6.07 Å². The minimum atomic E-state index is -0.636. The second kappa shape index (κ2) is 5.96. The molecule has 0 saturated carbocycles. The highest BCUT2D eigenvalue weighted by Crippen LogP contribution is 2.47. The molecule has 9 heteroatoms. The summed E-state index contributed by atoms with van der Waals surface area (Å²) >= 11 is 42.1. The fourth-order valence-electron chi connectivity index (χ4n) is 2.31. The summed E-state index contributed by atoms with van der Waals surface area (Å²) < 4.78 is 0. The molecule has 0 N–H and O–H groups in total. The zero-order chi connectivity index (χ0) is 17.2. The van der Waals surface area contributed by atoms with Crippen molar-refractivity contribution in [3.8, 4) is 0 Å². The van der Waals surface area contributed by atoms with Crippen LogP contribution in [0.3, 0.4) is 0 Å². The summed E-state index contributed by atoms with van der Waals surface area (Å²) in [4.78, 5) is 25.5. The Morgan fingerprint density at radius 1 is 0.522 bits per heavy atom. The van der Waals surface area contributed by atoms with Crippen molar-refractivity contribution in [3.63, 3.8) is 0 Å². The van der Waals surface area contributed by atoms with Gasteiger partial charge in [-0.2, -0.15) is 0 Å². The van der Waals surface area contributed by atoms with Crippen LogP contribution in [0.4, 0.5) is 0 Å². The van der Waals surface area contributed by atoms with Crippen molar-refractivity contribution in [3.05, 3.63) is 63.5 Å². The highest BCUT2D eigenvalue weighted by molar-refractivity contribution is 6.57. The molecule has 0 amide bonds. The largest absolute Gasteiger partial charge is 0.288 e. The summed E-state index contributed by atoms with van der Waals surface area (Å²) in [6.07, 6.45) is 0. The van der Waals surface area contributed by atoms with Gasteiger partial charge in [0.1, 0.15) is 0 Å². The molecule has 118 valence electrons. The van der Waals surface area contributed by atoms with Crippen molar-refractivity contribution < 1.29 is 9.59 Å². The average Bonchev–Trinajstić information content (AvgIpc) is 2.51. The molecule has 0 spiro atoms. The van der Waals surface area contributed by atoms with Gasteiger partial charge in [-0.1, -0.05) is 81.2 Å². The van der Waals surface area contributed by atoms with Gasteiger partial charge in [-0.25, -0.2) is 0 Å². The summed E-state index contributed by atoms with van der Waals surface area (Å²) in [7, 11) is 0. The second-order valence-corrected chi connectivity index (χ2v) is 7.25. The lowest BCUT2D eigenvalue weighted by molar-refractivity contribution is 0.0979. The number of carbonyl (C=O) groups excluding carboxylic acids is 2. The summed E-state index contributed by atoms with van der Waals surface area (Å²) in [5.41, 5.74) is -0.435. The Kier molecular flexibility index (Phi) is 4.57. The molecular weight excluding hydrogens is 448 g/mol. The third-order valence-electron chi connectivity index (χ3n) is 3.36. The molecule has 1 aliphatic rings. The molecule has 0 radical (unpaired) electrons. The fraction of sp³-hybridized carbons (Fsp3) is 0. The standard InChI is InChI=1S/C14HCl7O2/c15-3-1-2-4(8(17)7(3)16)14(23)6-5(13(2)22)9(18)11(20)12(21)10(6)19/h1H. The predicted molar refractivity (Wildman–Crippen MR) is 94.8 cm³/mol. The fourth-order valence-corrected chi connectivity index (χ4v) is 4.03. The predicted octanol–water partition coefficient (Wildman–Crippen LogP) is 7.04. The van der Waals surface area contributed by atoms with Crippen LogP contribution in [0.15, 0.2) is 6.07 Å². The van der Waals surface area contributed by atoms with Crippen LogP contribution in [0.2, 0.25) is 35.2 Å². The van der Waals surface area contributed by atoms with Gasteiger partial charge < -0.3 is 0 Å². The molecule has 0 fully saturated rings. The molecule has 2 aromatic carbocycles. The van der Waals surface area contributed by atoms with E-state index >= 15 is 0 Å². The molecule has 3 rings (SSSR count). The number of ketones is 2. The van der Waals surface area contributed by atoms with Crippen LogP contribution in [0.1, 0.15) is 31.8 Å². The molecule has 0 atom stereocenters. The van der Waals surface area contributed by atoms with Gasteiger partial charge in [-0.15, -0.1) is 0 Å². The molecule has 1 aliphatic carbocycles. The summed E-state index contributed by atoms with van der Waals surface area (Å²) in [6.45, 7) is 0. The van der Waals surface area contributed by atoms with E-state index in [1.165, 1.54) is 6.07 Å². The van der Waals surface area contributed by atoms with Crippen LogP contribution >= 0.6 is 81.2 Å². The SMILES string of the molecule is O=C1c2cc(Cl)c(Cl)c(Cl)c2C(=O)c2c(Cl)c(Cl)c(Cl)c(Cl)c21. The van der Waals surface area contributed by atoms with Crippen molar-refractivity contribution in [1.82, 2.24) is 0 Å². The van der Waals surface area contributed by atoms with E-state index in [9.17, 15) is 9.59 Å². The maximum absolute atomic E-state index is 12.8. The van der Waals surface area contributed by atoms with Crippen molar-refractivity contribution in [2.75, 3.05) is 0 Å². The first-order chi connectivity index (χ1) is 10.7. The van der Waals surface area contributed by atoms with Crippen molar-refractivity contribution >= 4 is 92.8 Å². The van der Waals surface area contributed by atoms with Gasteiger partial charge in [-0.3, -0.25) is 9.59 Å². The van der Waals surface area contributed by atoms with E-state index < -0.39 is 11.6 Å². The van der Waals surface area contributed by atoms with E-state index in [1.54, 1.807) is 0 Å². The second-order valence-electron chi connectivity index (χ2n) is 4.57. The number of carbonyl (C=O) groups is 2. The maximum atomic E-state index is 12.8. The van der Waals surface area contributed by atoms with Crippen molar-refractivity contribution in [2.45, 2.75) is 0 Å². The summed E-state index contributed by atoms with van der Waals surface area (Å²) in [6, 6.07) is 1.25. The topological polar surface area (TPSA) is 34.1 Å². The molecule has 0 heterocycles. The first-order valence-corrected chi connectivity index (χ1v) is 8.45. The zero-order valence-corrected chi connectivity index (χ0v) is 15.8. The lowest BCUT2D eigenvalue weighted by Gasteiger charge is -2.22. The maximum Gasteiger partial charge on any atom is 0.197 e. The van der Waals surface area contributed by atoms with E-state index in [1.807, 2.05) is 0 Å². The summed E-state index contributed by atoms with van der Waals surface area (Å²) in [5, 5.41) is -0.743. The Bertz CT molecular complexity index is 934. The van der Waals surface area contributed by atoms with E-state index in [2.05, 4.69) is 0 Å². The van der Waals surface area contributed by atoms with Crippen LogP contribution in [-0.2, 0) is 0 Å². The molecule has 0 aliphatic heterocycles. The van der Waals surface area contributed by atoms with Crippen LogP contribution in [-0.4, -0.2) is 11.6 Å². The molecule has 23 heavy (non-hydrogen) atoms. The Morgan fingerprint density at radius 2 is 0.957 bits per heavy atom. The van der Waals surface area contributed by atoms with Gasteiger partial charge in [0.05, 0.1) is 51.8 Å². The van der Waals surface area contributed by atoms with E-state index in [-0.39, 0.29) is 57.4 Å². The minimum Gasteiger partial charge on any atom is -0.288 e. The van der Waals surface area contributed by atoms with E-state index in [0.717, 1.165) is 0 Å². The first kappa shape index (κ1) is 17.6. The number of hydrogen-bond donors (Lipinski definition) is 0. The third-order valence-corrected chi connectivity index (χ3v) is 6.42.